The average molecular weight is 458 g/mol. The van der Waals surface area contributed by atoms with E-state index >= 15 is 0 Å². The van der Waals surface area contributed by atoms with Gasteiger partial charge in [0.2, 0.25) is 0 Å². The monoisotopic (exact) mass is 457 g/mol. The summed E-state index contributed by atoms with van der Waals surface area (Å²) in [7, 11) is -2.69. The Kier molecular flexibility index (Phi) is 6.46. The van der Waals surface area contributed by atoms with Crippen LogP contribution < -0.4 is 9.46 Å². The van der Waals surface area contributed by atoms with Crippen molar-refractivity contribution in [3.63, 3.8) is 0 Å². The van der Waals surface area contributed by atoms with E-state index in [1.807, 2.05) is 19.9 Å². The first kappa shape index (κ1) is 23.5. The summed E-state index contributed by atoms with van der Waals surface area (Å²) in [6, 6.07) is 11.6. The second-order valence-corrected chi connectivity index (χ2v) is 9.97. The molecule has 0 radical (unpaired) electrons. The van der Waals surface area contributed by atoms with Gasteiger partial charge in [0.05, 0.1) is 23.1 Å². The van der Waals surface area contributed by atoms with Crippen molar-refractivity contribution in [3.8, 4) is 5.75 Å². The number of nitrogens with one attached hydrogen (secondary N) is 1. The molecule has 1 aliphatic heterocycles. The first-order chi connectivity index (χ1) is 15.0. The van der Waals surface area contributed by atoms with Gasteiger partial charge in [-0.2, -0.15) is 0 Å². The van der Waals surface area contributed by atoms with Crippen molar-refractivity contribution in [2.24, 2.45) is 5.41 Å². The number of hydrogen-bond donors (Lipinski definition) is 1. The van der Waals surface area contributed by atoms with Crippen LogP contribution in [0.5, 0.6) is 5.75 Å². The van der Waals surface area contributed by atoms with Gasteiger partial charge in [0.25, 0.3) is 10.0 Å². The Hall–Kier alpha value is -3.13. The number of esters is 1. The van der Waals surface area contributed by atoms with E-state index in [0.717, 1.165) is 23.7 Å². The first-order valence-corrected chi connectivity index (χ1v) is 11.7. The van der Waals surface area contributed by atoms with Gasteiger partial charge >= 0.3 is 5.97 Å². The molecule has 1 atom stereocenters. The molecule has 0 saturated heterocycles. The molecule has 2 aromatic carbocycles. The van der Waals surface area contributed by atoms with Crippen LogP contribution in [0, 0.1) is 12.3 Å². The van der Waals surface area contributed by atoms with Crippen molar-refractivity contribution in [3.05, 3.63) is 70.9 Å². The number of carbonyl (C=O) groups is 2. The van der Waals surface area contributed by atoms with Crippen LogP contribution in [0.3, 0.4) is 0 Å². The summed E-state index contributed by atoms with van der Waals surface area (Å²) >= 11 is 0. The Morgan fingerprint density at radius 1 is 1.19 bits per heavy atom. The second-order valence-electron chi connectivity index (χ2n) is 8.26. The van der Waals surface area contributed by atoms with Gasteiger partial charge in [0.1, 0.15) is 17.3 Å². The van der Waals surface area contributed by atoms with Gasteiger partial charge in [-0.05, 0) is 57.0 Å². The molecule has 0 spiro atoms. The third-order valence-corrected chi connectivity index (χ3v) is 6.88. The normalized spacial score (nSPS) is 17.5. The van der Waals surface area contributed by atoms with Crippen LogP contribution >= 0.6 is 0 Å². The van der Waals surface area contributed by atoms with Crippen LogP contribution in [0.1, 0.15) is 42.3 Å². The van der Waals surface area contributed by atoms with Crippen LogP contribution in [-0.4, -0.2) is 33.4 Å². The van der Waals surface area contributed by atoms with Crippen molar-refractivity contribution in [1.82, 2.24) is 4.72 Å². The molecule has 0 bridgehead atoms. The number of Topliss-reactive ketones (excluding diaryl/α,β-unsaturated/α-hetero) is 1. The molecule has 0 aliphatic carbocycles. The van der Waals surface area contributed by atoms with E-state index in [2.05, 4.69) is 4.72 Å². The molecule has 1 N–H and O–H groups in total. The Balaban J connectivity index is 2.08. The maximum absolute atomic E-state index is 13.4. The standard InChI is InChI=1S/C24H27NO6S/c1-6-16-9-12-20-18(13-16)21(26)19(22(31-20)24(3,4)23(27)30-5)14-25-32(28,29)17-10-7-15(2)8-11-17/h7-14,22,25H,6H2,1-5H3/b19-14+. The largest absolute Gasteiger partial charge is 0.484 e. The Morgan fingerprint density at radius 3 is 2.44 bits per heavy atom. The minimum absolute atomic E-state index is 0.0249. The number of aryl methyl sites for hydroxylation is 2. The number of fused-ring (bicyclic) bond motifs is 1. The molecular weight excluding hydrogens is 430 g/mol. The number of hydrogen-bond acceptors (Lipinski definition) is 6. The molecule has 170 valence electrons. The molecule has 32 heavy (non-hydrogen) atoms. The molecule has 0 fully saturated rings. The number of sulfonamides is 1. The Labute approximate surface area is 188 Å². The van der Waals surface area contributed by atoms with Gasteiger partial charge in [-0.3, -0.25) is 14.3 Å². The number of rotatable bonds is 6. The van der Waals surface area contributed by atoms with Gasteiger partial charge < -0.3 is 9.47 Å². The fraction of sp³-hybridized carbons (Fsp3) is 0.333. The van der Waals surface area contributed by atoms with Crippen molar-refractivity contribution >= 4 is 21.8 Å². The van der Waals surface area contributed by atoms with Crippen LogP contribution in [0.4, 0.5) is 0 Å². The molecule has 0 amide bonds. The van der Waals surface area contributed by atoms with Gasteiger partial charge in [-0.1, -0.05) is 30.7 Å². The van der Waals surface area contributed by atoms with E-state index < -0.39 is 33.3 Å². The van der Waals surface area contributed by atoms with E-state index in [1.54, 1.807) is 38.1 Å². The highest BCUT2D eigenvalue weighted by atomic mass is 32.2. The predicted molar refractivity (Wildman–Crippen MR) is 120 cm³/mol. The zero-order valence-electron chi connectivity index (χ0n) is 18.8. The highest BCUT2D eigenvalue weighted by Gasteiger charge is 2.47. The smallest absolute Gasteiger partial charge is 0.315 e. The molecule has 1 unspecified atom stereocenters. The number of benzene rings is 2. The SMILES string of the molecule is CCc1ccc2c(c1)C(=O)/C(=C\NS(=O)(=O)c1ccc(C)cc1)C(C(C)(C)C(=O)OC)O2. The lowest BCUT2D eigenvalue weighted by Crippen LogP contribution is -2.47. The number of carbonyl (C=O) groups excluding carboxylic acids is 2. The second kappa shape index (κ2) is 8.78. The molecule has 0 aromatic heterocycles. The fourth-order valence-electron chi connectivity index (χ4n) is 3.52. The maximum Gasteiger partial charge on any atom is 0.315 e. The summed E-state index contributed by atoms with van der Waals surface area (Å²) in [6.07, 6.45) is 0.786. The molecule has 7 nitrogen and oxygen atoms in total. The summed E-state index contributed by atoms with van der Waals surface area (Å²) in [5.74, 6) is -0.654. The van der Waals surface area contributed by atoms with Crippen molar-refractivity contribution in [2.75, 3.05) is 7.11 Å². The molecule has 1 heterocycles. The van der Waals surface area contributed by atoms with Crippen molar-refractivity contribution in [1.29, 1.82) is 0 Å². The zero-order chi connectivity index (χ0) is 23.7. The van der Waals surface area contributed by atoms with E-state index in [0.29, 0.717) is 11.3 Å². The molecule has 0 saturated carbocycles. The maximum atomic E-state index is 13.4. The summed E-state index contributed by atoms with van der Waals surface area (Å²) in [5.41, 5.74) is 0.943. The predicted octanol–water partition coefficient (Wildman–Crippen LogP) is 3.56. The van der Waals surface area contributed by atoms with Crippen molar-refractivity contribution in [2.45, 2.75) is 45.1 Å². The quantitative estimate of drug-likeness (QED) is 0.526. The van der Waals surface area contributed by atoms with E-state index in [9.17, 15) is 18.0 Å². The number of ether oxygens (including phenoxy) is 2. The summed E-state index contributed by atoms with van der Waals surface area (Å²) in [6.45, 7) is 6.99. The molecule has 3 rings (SSSR count). The Bertz CT molecular complexity index is 1180. The fourth-order valence-corrected chi connectivity index (χ4v) is 4.43. The molecule has 2 aromatic rings. The van der Waals surface area contributed by atoms with E-state index in [1.165, 1.54) is 19.2 Å². The minimum Gasteiger partial charge on any atom is -0.484 e. The zero-order valence-corrected chi connectivity index (χ0v) is 19.6. The number of methoxy groups -OCH3 is 1. The minimum atomic E-state index is -3.94. The third kappa shape index (κ3) is 4.41. The molecule has 8 heteroatoms. The van der Waals surface area contributed by atoms with E-state index in [4.69, 9.17) is 9.47 Å². The van der Waals surface area contributed by atoms with E-state index in [-0.39, 0.29) is 10.5 Å². The summed E-state index contributed by atoms with van der Waals surface area (Å²) in [4.78, 5) is 25.9. The Morgan fingerprint density at radius 2 is 1.84 bits per heavy atom. The highest BCUT2D eigenvalue weighted by molar-refractivity contribution is 7.89. The van der Waals surface area contributed by atoms with Crippen LogP contribution in [0.2, 0.25) is 0 Å². The van der Waals surface area contributed by atoms with Crippen LogP contribution in [0.15, 0.2) is 59.1 Å². The highest BCUT2D eigenvalue weighted by Crippen LogP contribution is 2.39. The molecular formula is C24H27NO6S. The summed E-state index contributed by atoms with van der Waals surface area (Å²) in [5, 5.41) is 0. The van der Waals surface area contributed by atoms with Gasteiger partial charge in [0, 0.05) is 6.20 Å². The van der Waals surface area contributed by atoms with Gasteiger partial charge in [0.15, 0.2) is 5.78 Å². The van der Waals surface area contributed by atoms with Gasteiger partial charge in [-0.25, -0.2) is 8.42 Å². The lowest BCUT2D eigenvalue weighted by molar-refractivity contribution is -0.154. The lowest BCUT2D eigenvalue weighted by atomic mass is 9.78. The number of ketones is 1. The van der Waals surface area contributed by atoms with Gasteiger partial charge in [-0.15, -0.1) is 0 Å². The van der Waals surface area contributed by atoms with Crippen LogP contribution in [0.25, 0.3) is 0 Å². The first-order valence-electron chi connectivity index (χ1n) is 10.2. The third-order valence-electron chi connectivity index (χ3n) is 5.55. The average Bonchev–Trinajstić information content (AvgIpc) is 2.77. The lowest BCUT2D eigenvalue weighted by Gasteiger charge is -2.36. The summed E-state index contributed by atoms with van der Waals surface area (Å²) < 4.78 is 38.9. The topological polar surface area (TPSA) is 98.8 Å². The molecule has 1 aliphatic rings. The van der Waals surface area contributed by atoms with Crippen LogP contribution in [-0.2, 0) is 26.0 Å². The van der Waals surface area contributed by atoms with Crippen molar-refractivity contribution < 1.29 is 27.5 Å².